The molecule has 1 aliphatic heterocycles. The molecule has 0 bridgehead atoms. The van der Waals surface area contributed by atoms with Crippen LogP contribution in [-0.2, 0) is 4.74 Å². The highest BCUT2D eigenvalue weighted by Crippen LogP contribution is 2.35. The molecule has 1 heteroatoms. The minimum absolute atomic E-state index is 0.640. The number of rotatable bonds is 2. The summed E-state index contributed by atoms with van der Waals surface area (Å²) in [6, 6.07) is 0. The normalized spacial score (nSPS) is 34.2. The van der Waals surface area contributed by atoms with Crippen molar-refractivity contribution in [2.24, 2.45) is 5.92 Å². The molecule has 0 spiro atoms. The molecule has 2 aliphatic rings. The Morgan fingerprint density at radius 1 is 1.10 bits per heavy atom. The van der Waals surface area contributed by atoms with E-state index in [4.69, 9.17) is 4.74 Å². The Labute approximate surface area is 62.8 Å². The third kappa shape index (κ3) is 1.72. The van der Waals surface area contributed by atoms with E-state index in [1.165, 1.54) is 38.5 Å². The van der Waals surface area contributed by atoms with Crippen molar-refractivity contribution in [2.75, 3.05) is 6.61 Å². The van der Waals surface area contributed by atoms with Gasteiger partial charge in [-0.15, -0.1) is 0 Å². The zero-order chi connectivity index (χ0) is 6.81. The van der Waals surface area contributed by atoms with Crippen LogP contribution in [0, 0.1) is 5.92 Å². The van der Waals surface area contributed by atoms with E-state index in [0.717, 1.165) is 12.5 Å². The van der Waals surface area contributed by atoms with E-state index < -0.39 is 0 Å². The van der Waals surface area contributed by atoms with E-state index in [1.807, 2.05) is 0 Å². The summed E-state index contributed by atoms with van der Waals surface area (Å²) in [5, 5.41) is 0. The maximum atomic E-state index is 5.63. The molecule has 1 saturated heterocycles. The van der Waals surface area contributed by atoms with Crippen molar-refractivity contribution in [1.82, 2.24) is 0 Å². The molecule has 1 aliphatic carbocycles. The first-order valence-electron chi connectivity index (χ1n) is 4.57. The highest BCUT2D eigenvalue weighted by Gasteiger charge is 2.26. The van der Waals surface area contributed by atoms with Gasteiger partial charge in [-0.05, 0) is 31.6 Å². The van der Waals surface area contributed by atoms with Gasteiger partial charge in [0.15, 0.2) is 0 Å². The van der Waals surface area contributed by atoms with Gasteiger partial charge >= 0.3 is 0 Å². The Balaban J connectivity index is 1.69. The van der Waals surface area contributed by atoms with Gasteiger partial charge in [0.2, 0.25) is 0 Å². The molecule has 0 N–H and O–H groups in total. The second-order valence-electron chi connectivity index (χ2n) is 3.67. The molecular formula is C9H16O. The SMILES string of the molecule is C1CCC(CC2CC2)OC1. The van der Waals surface area contributed by atoms with E-state index in [-0.39, 0.29) is 0 Å². The average Bonchev–Trinajstić information content (AvgIpc) is 2.74. The smallest absolute Gasteiger partial charge is 0.0577 e. The molecule has 1 saturated carbocycles. The van der Waals surface area contributed by atoms with Crippen LogP contribution in [0.15, 0.2) is 0 Å². The summed E-state index contributed by atoms with van der Waals surface area (Å²) < 4.78 is 5.63. The third-order valence-corrected chi connectivity index (χ3v) is 2.57. The lowest BCUT2D eigenvalue weighted by atomic mass is 10.0. The molecule has 0 aromatic carbocycles. The van der Waals surface area contributed by atoms with Crippen LogP contribution in [0.3, 0.4) is 0 Å². The summed E-state index contributed by atoms with van der Waals surface area (Å²) in [4.78, 5) is 0. The van der Waals surface area contributed by atoms with Crippen molar-refractivity contribution < 1.29 is 4.74 Å². The number of hydrogen-bond donors (Lipinski definition) is 0. The molecule has 1 nitrogen and oxygen atoms in total. The summed E-state index contributed by atoms with van der Waals surface area (Å²) in [6.07, 6.45) is 8.97. The van der Waals surface area contributed by atoms with Crippen molar-refractivity contribution in [3.63, 3.8) is 0 Å². The fourth-order valence-corrected chi connectivity index (χ4v) is 1.72. The highest BCUT2D eigenvalue weighted by molar-refractivity contribution is 4.78. The van der Waals surface area contributed by atoms with Gasteiger partial charge in [-0.3, -0.25) is 0 Å². The first-order chi connectivity index (χ1) is 4.95. The van der Waals surface area contributed by atoms with Gasteiger partial charge in [-0.2, -0.15) is 0 Å². The predicted octanol–water partition coefficient (Wildman–Crippen LogP) is 2.36. The van der Waals surface area contributed by atoms with Crippen LogP contribution in [0.1, 0.15) is 38.5 Å². The largest absolute Gasteiger partial charge is 0.378 e. The monoisotopic (exact) mass is 140 g/mol. The molecular weight excluding hydrogens is 124 g/mol. The van der Waals surface area contributed by atoms with E-state index in [9.17, 15) is 0 Å². The molecule has 0 amide bonds. The molecule has 1 heterocycles. The molecule has 1 atom stereocenters. The van der Waals surface area contributed by atoms with Crippen molar-refractivity contribution in [1.29, 1.82) is 0 Å². The van der Waals surface area contributed by atoms with E-state index in [1.54, 1.807) is 0 Å². The zero-order valence-corrected chi connectivity index (χ0v) is 6.51. The number of hydrogen-bond acceptors (Lipinski definition) is 1. The maximum Gasteiger partial charge on any atom is 0.0577 e. The van der Waals surface area contributed by atoms with Gasteiger partial charge < -0.3 is 4.74 Å². The standard InChI is InChI=1S/C9H16O/c1-2-6-10-9(3-1)7-8-4-5-8/h8-9H,1-7H2. The van der Waals surface area contributed by atoms with Crippen LogP contribution < -0.4 is 0 Å². The average molecular weight is 140 g/mol. The molecule has 0 aromatic heterocycles. The molecule has 1 unspecified atom stereocenters. The first kappa shape index (κ1) is 6.66. The molecule has 58 valence electrons. The van der Waals surface area contributed by atoms with Crippen molar-refractivity contribution in [3.8, 4) is 0 Å². The van der Waals surface area contributed by atoms with Gasteiger partial charge in [0.1, 0.15) is 0 Å². The lowest BCUT2D eigenvalue weighted by molar-refractivity contribution is 0.00798. The molecule has 2 fully saturated rings. The van der Waals surface area contributed by atoms with Gasteiger partial charge in [-0.1, -0.05) is 12.8 Å². The van der Waals surface area contributed by atoms with Crippen LogP contribution in [0.25, 0.3) is 0 Å². The quantitative estimate of drug-likeness (QED) is 0.572. The fraction of sp³-hybridized carbons (Fsp3) is 1.00. The Morgan fingerprint density at radius 3 is 2.60 bits per heavy atom. The van der Waals surface area contributed by atoms with E-state index in [2.05, 4.69) is 0 Å². The second-order valence-corrected chi connectivity index (χ2v) is 3.67. The Morgan fingerprint density at radius 2 is 2.00 bits per heavy atom. The van der Waals surface area contributed by atoms with Crippen molar-refractivity contribution in [2.45, 2.75) is 44.6 Å². The van der Waals surface area contributed by atoms with Crippen LogP contribution >= 0.6 is 0 Å². The summed E-state index contributed by atoms with van der Waals surface area (Å²) in [7, 11) is 0. The third-order valence-electron chi connectivity index (χ3n) is 2.57. The fourth-order valence-electron chi connectivity index (χ4n) is 1.72. The van der Waals surface area contributed by atoms with Crippen molar-refractivity contribution >= 4 is 0 Å². The Hall–Kier alpha value is -0.0400. The summed E-state index contributed by atoms with van der Waals surface area (Å²) >= 11 is 0. The number of ether oxygens (including phenoxy) is 1. The van der Waals surface area contributed by atoms with E-state index >= 15 is 0 Å². The van der Waals surface area contributed by atoms with Gasteiger partial charge in [0.25, 0.3) is 0 Å². The van der Waals surface area contributed by atoms with Crippen LogP contribution in [0.2, 0.25) is 0 Å². The van der Waals surface area contributed by atoms with E-state index in [0.29, 0.717) is 6.10 Å². The van der Waals surface area contributed by atoms with Gasteiger partial charge in [-0.25, -0.2) is 0 Å². The molecule has 10 heavy (non-hydrogen) atoms. The topological polar surface area (TPSA) is 9.23 Å². The predicted molar refractivity (Wildman–Crippen MR) is 40.9 cm³/mol. The van der Waals surface area contributed by atoms with Crippen LogP contribution in [0.4, 0.5) is 0 Å². The Kier molecular flexibility index (Phi) is 1.94. The summed E-state index contributed by atoms with van der Waals surface area (Å²) in [5.74, 6) is 1.04. The molecule has 0 aromatic rings. The zero-order valence-electron chi connectivity index (χ0n) is 6.51. The van der Waals surface area contributed by atoms with Gasteiger partial charge in [0.05, 0.1) is 6.10 Å². The maximum absolute atomic E-state index is 5.63. The lowest BCUT2D eigenvalue weighted by Gasteiger charge is -2.22. The highest BCUT2D eigenvalue weighted by atomic mass is 16.5. The summed E-state index contributed by atoms with van der Waals surface area (Å²) in [5.41, 5.74) is 0. The van der Waals surface area contributed by atoms with Crippen LogP contribution in [0.5, 0.6) is 0 Å². The minimum Gasteiger partial charge on any atom is -0.378 e. The van der Waals surface area contributed by atoms with Gasteiger partial charge in [0, 0.05) is 6.61 Å². The molecule has 2 rings (SSSR count). The minimum atomic E-state index is 0.640. The first-order valence-corrected chi connectivity index (χ1v) is 4.57. The van der Waals surface area contributed by atoms with Crippen LogP contribution in [-0.4, -0.2) is 12.7 Å². The lowest BCUT2D eigenvalue weighted by Crippen LogP contribution is -2.19. The summed E-state index contributed by atoms with van der Waals surface area (Å²) in [6.45, 7) is 1.03. The Bertz CT molecular complexity index is 101. The molecule has 0 radical (unpaired) electrons. The van der Waals surface area contributed by atoms with Crippen molar-refractivity contribution in [3.05, 3.63) is 0 Å². The second kappa shape index (κ2) is 2.91.